The molecule has 112 valence electrons. The van der Waals surface area contributed by atoms with Crippen LogP contribution in [0.2, 0.25) is 0 Å². The van der Waals surface area contributed by atoms with Crippen LogP contribution in [-0.4, -0.2) is 24.2 Å². The Hall–Kier alpha value is -0.930. The van der Waals surface area contributed by atoms with E-state index in [9.17, 15) is 0 Å². The van der Waals surface area contributed by atoms with Crippen LogP contribution in [-0.2, 0) is 4.74 Å². The van der Waals surface area contributed by atoms with E-state index in [1.807, 2.05) is 12.4 Å². The Bertz CT molecular complexity index is 388. The summed E-state index contributed by atoms with van der Waals surface area (Å²) in [6.07, 6.45) is 11.7. The number of nitrogens with one attached hydrogen (secondary N) is 1. The van der Waals surface area contributed by atoms with Crippen LogP contribution >= 0.6 is 0 Å². The maximum atomic E-state index is 5.71. The van der Waals surface area contributed by atoms with Crippen molar-refractivity contribution >= 4 is 0 Å². The van der Waals surface area contributed by atoms with E-state index in [4.69, 9.17) is 4.74 Å². The van der Waals surface area contributed by atoms with Crippen LogP contribution in [0, 0.1) is 6.92 Å². The second-order valence-electron chi connectivity index (χ2n) is 5.80. The summed E-state index contributed by atoms with van der Waals surface area (Å²) in [7, 11) is 0. The van der Waals surface area contributed by atoms with Gasteiger partial charge >= 0.3 is 0 Å². The molecule has 0 bridgehead atoms. The lowest BCUT2D eigenvalue weighted by molar-refractivity contribution is 0.101. The largest absolute Gasteiger partial charge is 0.378 e. The molecule has 0 spiro atoms. The number of rotatable bonds is 8. The smallest absolute Gasteiger partial charge is 0.0576 e. The molecule has 1 aliphatic heterocycles. The highest BCUT2D eigenvalue weighted by Crippen LogP contribution is 2.24. The summed E-state index contributed by atoms with van der Waals surface area (Å²) in [6.45, 7) is 6.41. The zero-order valence-electron chi connectivity index (χ0n) is 12.9. The lowest BCUT2D eigenvalue weighted by Gasteiger charge is -2.21. The number of ether oxygens (including phenoxy) is 1. The van der Waals surface area contributed by atoms with Crippen molar-refractivity contribution in [2.45, 2.75) is 64.5 Å². The predicted octanol–water partition coefficient (Wildman–Crippen LogP) is 3.78. The fourth-order valence-corrected chi connectivity index (χ4v) is 2.98. The minimum absolute atomic E-state index is 0.458. The van der Waals surface area contributed by atoms with E-state index in [0.29, 0.717) is 12.1 Å². The average Bonchev–Trinajstić information content (AvgIpc) is 2.97. The van der Waals surface area contributed by atoms with E-state index in [-0.39, 0.29) is 0 Å². The molecule has 1 aromatic rings. The second kappa shape index (κ2) is 8.38. The van der Waals surface area contributed by atoms with Gasteiger partial charge < -0.3 is 10.1 Å². The first-order valence-corrected chi connectivity index (χ1v) is 8.06. The Morgan fingerprint density at radius 1 is 1.50 bits per heavy atom. The summed E-state index contributed by atoms with van der Waals surface area (Å²) in [6, 6.07) is 2.62. The normalized spacial score (nSPS) is 20.2. The molecule has 1 N–H and O–H groups in total. The Labute approximate surface area is 123 Å². The maximum absolute atomic E-state index is 5.71. The Morgan fingerprint density at radius 2 is 2.40 bits per heavy atom. The summed E-state index contributed by atoms with van der Waals surface area (Å²) in [5, 5.41) is 3.68. The van der Waals surface area contributed by atoms with Gasteiger partial charge in [0, 0.05) is 25.0 Å². The van der Waals surface area contributed by atoms with Gasteiger partial charge in [0.1, 0.15) is 0 Å². The molecule has 1 fully saturated rings. The highest BCUT2D eigenvalue weighted by atomic mass is 16.5. The standard InChI is InChI=1S/C17H28N2O/c1-3-10-19-17(16-9-11-18-13-14(16)2)8-4-6-15-7-5-12-20-15/h9,11,13,15,17,19H,3-8,10,12H2,1-2H3. The van der Waals surface area contributed by atoms with Crippen LogP contribution in [0.5, 0.6) is 0 Å². The van der Waals surface area contributed by atoms with Gasteiger partial charge in [-0.3, -0.25) is 4.98 Å². The molecule has 2 atom stereocenters. The highest BCUT2D eigenvalue weighted by molar-refractivity contribution is 5.25. The molecule has 0 saturated carbocycles. The summed E-state index contributed by atoms with van der Waals surface area (Å²) < 4.78 is 5.71. The molecule has 3 nitrogen and oxygen atoms in total. The van der Waals surface area contributed by atoms with Gasteiger partial charge in [-0.05, 0) is 69.2 Å². The summed E-state index contributed by atoms with van der Waals surface area (Å²) in [5.74, 6) is 0. The van der Waals surface area contributed by atoms with E-state index in [1.54, 1.807) is 0 Å². The van der Waals surface area contributed by atoms with E-state index in [0.717, 1.165) is 13.2 Å². The van der Waals surface area contributed by atoms with Crippen LogP contribution in [0.3, 0.4) is 0 Å². The van der Waals surface area contributed by atoms with Gasteiger partial charge in [-0.2, -0.15) is 0 Å². The fourth-order valence-electron chi connectivity index (χ4n) is 2.98. The summed E-state index contributed by atoms with van der Waals surface area (Å²) in [5.41, 5.74) is 2.69. The number of aryl methyl sites for hydroxylation is 1. The monoisotopic (exact) mass is 276 g/mol. The third kappa shape index (κ3) is 4.57. The summed E-state index contributed by atoms with van der Waals surface area (Å²) in [4.78, 5) is 4.20. The molecule has 2 unspecified atom stereocenters. The molecule has 0 aliphatic carbocycles. The molecule has 1 aromatic heterocycles. The third-order valence-electron chi connectivity index (χ3n) is 4.12. The lowest BCUT2D eigenvalue weighted by atomic mass is 9.97. The van der Waals surface area contributed by atoms with Crippen molar-refractivity contribution in [2.75, 3.05) is 13.2 Å². The van der Waals surface area contributed by atoms with Crippen molar-refractivity contribution in [3.05, 3.63) is 29.6 Å². The van der Waals surface area contributed by atoms with E-state index >= 15 is 0 Å². The molecular formula is C17H28N2O. The van der Waals surface area contributed by atoms with Gasteiger partial charge in [-0.15, -0.1) is 0 Å². The van der Waals surface area contributed by atoms with Gasteiger partial charge in [0.2, 0.25) is 0 Å². The van der Waals surface area contributed by atoms with Crippen LogP contribution in [0.4, 0.5) is 0 Å². The van der Waals surface area contributed by atoms with E-state index in [2.05, 4.69) is 30.2 Å². The SMILES string of the molecule is CCCNC(CCCC1CCCO1)c1ccncc1C. The van der Waals surface area contributed by atoms with Crippen molar-refractivity contribution in [1.82, 2.24) is 10.3 Å². The van der Waals surface area contributed by atoms with Crippen LogP contribution in [0.25, 0.3) is 0 Å². The minimum Gasteiger partial charge on any atom is -0.378 e. The maximum Gasteiger partial charge on any atom is 0.0576 e. The first-order chi connectivity index (χ1) is 9.81. The van der Waals surface area contributed by atoms with Crippen molar-refractivity contribution in [3.8, 4) is 0 Å². The Morgan fingerprint density at radius 3 is 3.10 bits per heavy atom. The Balaban J connectivity index is 1.87. The number of hydrogen-bond donors (Lipinski definition) is 1. The quantitative estimate of drug-likeness (QED) is 0.784. The average molecular weight is 276 g/mol. The molecule has 0 radical (unpaired) electrons. The zero-order valence-corrected chi connectivity index (χ0v) is 12.9. The molecule has 20 heavy (non-hydrogen) atoms. The van der Waals surface area contributed by atoms with Gasteiger partial charge in [0.05, 0.1) is 6.10 Å². The molecule has 2 rings (SSSR count). The van der Waals surface area contributed by atoms with Crippen LogP contribution in [0.1, 0.15) is 62.6 Å². The second-order valence-corrected chi connectivity index (χ2v) is 5.80. The zero-order chi connectivity index (χ0) is 14.2. The van der Waals surface area contributed by atoms with Crippen molar-refractivity contribution < 1.29 is 4.74 Å². The van der Waals surface area contributed by atoms with Crippen molar-refractivity contribution in [1.29, 1.82) is 0 Å². The van der Waals surface area contributed by atoms with Crippen LogP contribution in [0.15, 0.2) is 18.5 Å². The number of hydrogen-bond acceptors (Lipinski definition) is 3. The fraction of sp³-hybridized carbons (Fsp3) is 0.706. The molecule has 3 heteroatoms. The lowest BCUT2D eigenvalue weighted by Crippen LogP contribution is -2.23. The van der Waals surface area contributed by atoms with E-state index in [1.165, 1.54) is 49.7 Å². The Kier molecular flexibility index (Phi) is 6.48. The third-order valence-corrected chi connectivity index (χ3v) is 4.12. The minimum atomic E-state index is 0.458. The number of pyridine rings is 1. The van der Waals surface area contributed by atoms with E-state index < -0.39 is 0 Å². The van der Waals surface area contributed by atoms with Gasteiger partial charge in [-0.1, -0.05) is 6.92 Å². The molecular weight excluding hydrogens is 248 g/mol. The van der Waals surface area contributed by atoms with Gasteiger partial charge in [0.25, 0.3) is 0 Å². The van der Waals surface area contributed by atoms with Gasteiger partial charge in [-0.25, -0.2) is 0 Å². The molecule has 1 aliphatic rings. The highest BCUT2D eigenvalue weighted by Gasteiger charge is 2.17. The molecule has 2 heterocycles. The van der Waals surface area contributed by atoms with Crippen LogP contribution < -0.4 is 5.32 Å². The summed E-state index contributed by atoms with van der Waals surface area (Å²) >= 11 is 0. The molecule has 1 saturated heterocycles. The van der Waals surface area contributed by atoms with Gasteiger partial charge in [0.15, 0.2) is 0 Å². The van der Waals surface area contributed by atoms with Crippen molar-refractivity contribution in [3.63, 3.8) is 0 Å². The molecule has 0 amide bonds. The predicted molar refractivity (Wildman–Crippen MR) is 82.8 cm³/mol. The first kappa shape index (κ1) is 15.5. The number of aromatic nitrogens is 1. The first-order valence-electron chi connectivity index (χ1n) is 8.06. The number of nitrogens with zero attached hydrogens (tertiary/aromatic N) is 1. The van der Waals surface area contributed by atoms with Crippen molar-refractivity contribution in [2.24, 2.45) is 0 Å². The molecule has 0 aromatic carbocycles. The topological polar surface area (TPSA) is 34.1 Å².